The van der Waals surface area contributed by atoms with E-state index in [1.54, 1.807) is 13.0 Å². The van der Waals surface area contributed by atoms with Crippen LogP contribution in [-0.4, -0.2) is 116 Å². The Balaban J connectivity index is 1.12. The number of rotatable bonds is 11. The fourth-order valence-corrected chi connectivity index (χ4v) is 13.1. The van der Waals surface area contributed by atoms with E-state index in [2.05, 4.69) is 21.9 Å². The van der Waals surface area contributed by atoms with Gasteiger partial charge in [0.15, 0.2) is 0 Å². The topological polar surface area (TPSA) is 203 Å². The first-order chi connectivity index (χ1) is 29.9. The van der Waals surface area contributed by atoms with Crippen molar-refractivity contribution in [3.8, 4) is 11.6 Å². The maximum absolute atomic E-state index is 14.9. The van der Waals surface area contributed by atoms with Gasteiger partial charge in [-0.25, -0.2) is 0 Å². The number of likely N-dealkylation sites (tertiary alicyclic amines) is 1. The van der Waals surface area contributed by atoms with E-state index in [1.165, 1.54) is 4.90 Å². The predicted molar refractivity (Wildman–Crippen MR) is 229 cm³/mol. The molecule has 1 aromatic carbocycles. The molecule has 8 rings (SSSR count). The number of carbonyl (C=O) groups excluding carboxylic acids is 5. The Labute approximate surface area is 379 Å². The molecule has 5 amide bonds. The summed E-state index contributed by atoms with van der Waals surface area (Å²) in [6.45, 7) is 12.6. The number of hydrogen-bond acceptors (Lipinski definition) is 11. The number of amides is 5. The van der Waals surface area contributed by atoms with Crippen molar-refractivity contribution in [2.24, 2.45) is 11.3 Å². The minimum absolute atomic E-state index is 0.0157. The number of nitrogens with one attached hydrogen (secondary N) is 3. The summed E-state index contributed by atoms with van der Waals surface area (Å²) in [5.74, 6) is -0.592. The van der Waals surface area contributed by atoms with Crippen LogP contribution in [0.3, 0.4) is 0 Å². The first kappa shape index (κ1) is 45.4. The number of aromatic nitrogens is 1. The Bertz CT molecular complexity index is 2280. The van der Waals surface area contributed by atoms with Crippen LogP contribution in [0.1, 0.15) is 104 Å². The van der Waals surface area contributed by atoms with Gasteiger partial charge in [0.05, 0.1) is 0 Å². The number of ether oxygens (including phenoxy) is 3. The number of para-hydroxylation sites is 1. The monoisotopic (exact) mass is 1000 g/mol. The fourth-order valence-electron chi connectivity index (χ4n) is 8.96. The molecule has 4 aliphatic heterocycles. The molecule has 16 nitrogen and oxygen atoms in total. The van der Waals surface area contributed by atoms with E-state index < -0.39 is 90.9 Å². The van der Waals surface area contributed by atoms with E-state index in [9.17, 15) is 32.4 Å². The van der Waals surface area contributed by atoms with Gasteiger partial charge in [0, 0.05) is 19.5 Å². The normalized spacial score (nSPS) is 29.6. The van der Waals surface area contributed by atoms with Crippen molar-refractivity contribution >= 4 is 50.6 Å². The second-order valence-electron chi connectivity index (χ2n) is 19.2. The van der Waals surface area contributed by atoms with Crippen molar-refractivity contribution in [2.75, 3.05) is 26.2 Å². The first-order valence-electron chi connectivity index (χ1n) is 22.4. The van der Waals surface area contributed by atoms with Crippen molar-refractivity contribution in [3.63, 3.8) is 0 Å². The molecule has 1 aromatic heterocycles. The number of carbonyl (C=O) groups is 5. The predicted octanol–water partition coefficient (Wildman–Crippen LogP) is 1.09. The molecule has 2 bridgehead atoms. The number of fused-ring (bicyclic) bond motifs is 5. The number of nitrogens with zero attached hydrogens (tertiary/aromatic N) is 3. The molecule has 0 radical (unpaired) electrons. The summed E-state index contributed by atoms with van der Waals surface area (Å²) < 4.78 is 44.9. The number of hydrogen-bond donors (Lipinski definition) is 3. The molecule has 18 heteroatoms. The summed E-state index contributed by atoms with van der Waals surface area (Å²) in [6, 6.07) is 5.41. The molecule has 7 atom stereocenters. The van der Waals surface area contributed by atoms with Gasteiger partial charge in [-0.3, -0.25) is 4.79 Å². The fraction of sp³-hybridized carbons (Fsp3) is 0.644. The Morgan fingerprint density at radius 3 is 2.56 bits per heavy atom. The molecule has 5 fully saturated rings. The Kier molecular flexibility index (Phi) is 12.7. The van der Waals surface area contributed by atoms with Crippen molar-refractivity contribution in [1.29, 1.82) is 0 Å². The minimum atomic E-state index is -4.01. The molecule has 2 aromatic rings. The van der Waals surface area contributed by atoms with Gasteiger partial charge in [-0.05, 0) is 19.3 Å². The van der Waals surface area contributed by atoms with Crippen LogP contribution in [0.15, 0.2) is 36.9 Å². The van der Waals surface area contributed by atoms with Gasteiger partial charge in [0.25, 0.3) is 0 Å². The summed E-state index contributed by atoms with van der Waals surface area (Å²) in [5, 5.41) is 6.55. The summed E-state index contributed by atoms with van der Waals surface area (Å²) in [5.41, 5.74) is 0.615. The standard InChI is InChI=1S/C45H60IN6O10S/c1-6-34-45(46-34,41(56)50-63(58,59)44(5)19-20-44)49-38(54)32-25-28-26-52(32)40(55)37(43(2,3)4)48-42(57)62-33-24-27(33)14-8-7-9-16-30-36(60-23-13-22-51-21-12-18-35(51)53)29-15-10-11-17-31(29)47-39(30)61-28/h6,10-11,15,17,27-28,32-34,37H,1,7-9,12-14,16,18-26H2,2-5H3,(H,48,57)(H,49,54)(H,50,56)/q-1/t27-,28-,32+,33-,34+,37-,45-/m1/s1. The number of halogens is 1. The number of alkyl carbamates (subject to hydrolysis) is 1. The summed E-state index contributed by atoms with van der Waals surface area (Å²) in [4.78, 5) is 77.4. The maximum atomic E-state index is 14.9. The Hall–Kier alpha value is -4.20. The van der Waals surface area contributed by atoms with Crippen molar-refractivity contribution in [3.05, 3.63) is 42.5 Å². The molecular weight excluding hydrogens is 943 g/mol. The third-order valence-corrected chi connectivity index (χ3v) is 19.3. The molecule has 0 spiro atoms. The molecule has 63 heavy (non-hydrogen) atoms. The van der Waals surface area contributed by atoms with Gasteiger partial charge in [0.2, 0.25) is 5.91 Å². The second kappa shape index (κ2) is 17.6. The zero-order valence-electron chi connectivity index (χ0n) is 36.6. The molecule has 0 unspecified atom stereocenters. The molecule has 5 heterocycles. The Morgan fingerprint density at radius 2 is 1.86 bits per heavy atom. The van der Waals surface area contributed by atoms with Gasteiger partial charge in [-0.2, -0.15) is 0 Å². The van der Waals surface area contributed by atoms with Crippen LogP contribution >= 0.6 is 0 Å². The van der Waals surface area contributed by atoms with Gasteiger partial charge in [-0.15, -0.1) is 0 Å². The SMILES string of the molecule is C=C[C@@H]1[I-][C@]1(NC(=O)[C@@H]1C[C@@H]2CN1C(=O)[C@H](C(C)(C)C)NC(=O)O[C@@H]1C[C@H]1CCCCCc1c(nc3ccccc3c1OCCCN1CCCC1=O)O2)C(=O)NS(=O)(=O)C1(C)CC1. The molecule has 6 aliphatic rings. The summed E-state index contributed by atoms with van der Waals surface area (Å²) >= 11 is -1.09. The van der Waals surface area contributed by atoms with Gasteiger partial charge in [0.1, 0.15) is 0 Å². The van der Waals surface area contributed by atoms with Crippen LogP contribution in [-0.2, 0) is 40.4 Å². The molecular formula is C45H60IN6O10S-. The molecule has 2 saturated carbocycles. The van der Waals surface area contributed by atoms with Crippen LogP contribution in [0.2, 0.25) is 0 Å². The molecule has 344 valence electrons. The average Bonchev–Trinajstić information content (AvgIpc) is 4.19. The van der Waals surface area contributed by atoms with Crippen LogP contribution in [0, 0.1) is 11.3 Å². The summed E-state index contributed by atoms with van der Waals surface area (Å²) in [7, 11) is -4.01. The number of pyridine rings is 1. The van der Waals surface area contributed by atoms with E-state index in [1.807, 2.05) is 49.9 Å². The van der Waals surface area contributed by atoms with Gasteiger partial charge >= 0.3 is 315 Å². The van der Waals surface area contributed by atoms with Crippen LogP contribution in [0.4, 0.5) is 4.79 Å². The zero-order chi connectivity index (χ0) is 44.9. The van der Waals surface area contributed by atoms with Gasteiger partial charge in [-0.1, -0.05) is 12.5 Å². The summed E-state index contributed by atoms with van der Waals surface area (Å²) in [6.07, 6.45) is 7.66. The number of sulfonamides is 1. The average molecular weight is 1000 g/mol. The quantitative estimate of drug-likeness (QED) is 0.0957. The van der Waals surface area contributed by atoms with Crippen molar-refractivity contribution < 1.29 is 67.8 Å². The van der Waals surface area contributed by atoms with Gasteiger partial charge < -0.3 is 4.90 Å². The molecule has 2 aliphatic carbocycles. The van der Waals surface area contributed by atoms with Crippen LogP contribution < -0.4 is 46.0 Å². The number of alkyl halides is 2. The van der Waals surface area contributed by atoms with Crippen molar-refractivity contribution in [2.45, 2.75) is 141 Å². The third kappa shape index (κ3) is 9.62. The second-order valence-corrected chi connectivity index (χ2v) is 25.1. The van der Waals surface area contributed by atoms with E-state index in [-0.39, 0.29) is 30.9 Å². The Morgan fingerprint density at radius 1 is 1.08 bits per heavy atom. The third-order valence-electron chi connectivity index (χ3n) is 13.3. The van der Waals surface area contributed by atoms with Crippen molar-refractivity contribution in [1.82, 2.24) is 30.1 Å². The van der Waals surface area contributed by atoms with Crippen LogP contribution in [0.5, 0.6) is 11.6 Å². The zero-order valence-corrected chi connectivity index (χ0v) is 39.6. The van der Waals surface area contributed by atoms with E-state index in [4.69, 9.17) is 19.2 Å². The van der Waals surface area contributed by atoms with E-state index >= 15 is 0 Å². The van der Waals surface area contributed by atoms with Crippen LogP contribution in [0.25, 0.3) is 10.9 Å². The van der Waals surface area contributed by atoms with E-state index in [0.717, 1.165) is 56.0 Å². The number of benzene rings is 1. The first-order valence-corrected chi connectivity index (χ1v) is 26.2. The van der Waals surface area contributed by atoms with E-state index in [0.29, 0.717) is 62.4 Å². The molecule has 3 N–H and O–H groups in total. The molecule has 3 saturated heterocycles.